The number of aryl methyl sites for hydroxylation is 1. The highest BCUT2D eigenvalue weighted by Crippen LogP contribution is 2.30. The molecule has 6 heteroatoms. The van der Waals surface area contributed by atoms with Crippen molar-refractivity contribution in [2.24, 2.45) is 0 Å². The molecule has 2 N–H and O–H groups in total. The lowest BCUT2D eigenvalue weighted by atomic mass is 10.1. The first-order valence-electron chi connectivity index (χ1n) is 6.16. The van der Waals surface area contributed by atoms with Crippen molar-refractivity contribution in [2.75, 3.05) is 0 Å². The molecule has 1 heterocycles. The van der Waals surface area contributed by atoms with Gasteiger partial charge in [-0.3, -0.25) is 0 Å². The highest BCUT2D eigenvalue weighted by Gasteiger charge is 2.13. The minimum Gasteiger partial charge on any atom is -0.508 e. The van der Waals surface area contributed by atoms with Gasteiger partial charge in [0.15, 0.2) is 0 Å². The zero-order chi connectivity index (χ0) is 15.0. The number of phenols is 2. The minimum absolute atomic E-state index is 0.0668. The molecule has 106 valence electrons. The number of rotatable bonds is 2. The first kappa shape index (κ1) is 13.6. The van der Waals surface area contributed by atoms with Gasteiger partial charge in [0, 0.05) is 21.7 Å². The van der Waals surface area contributed by atoms with Crippen molar-refractivity contribution in [1.29, 1.82) is 0 Å². The van der Waals surface area contributed by atoms with Crippen LogP contribution in [0.25, 0.3) is 22.8 Å². The number of aromatic hydroxyl groups is 2. The zero-order valence-electron chi connectivity index (χ0n) is 11.0. The van der Waals surface area contributed by atoms with Crippen molar-refractivity contribution in [3.63, 3.8) is 0 Å². The van der Waals surface area contributed by atoms with Crippen LogP contribution in [0.5, 0.6) is 11.5 Å². The number of hydrogen-bond acceptors (Lipinski definition) is 5. The molecular weight excluding hydrogens is 336 g/mol. The lowest BCUT2D eigenvalue weighted by Gasteiger charge is -1.99. The molecule has 5 nitrogen and oxygen atoms in total. The lowest BCUT2D eigenvalue weighted by molar-refractivity contribution is 0.428. The van der Waals surface area contributed by atoms with Gasteiger partial charge in [0.25, 0.3) is 5.89 Å². The molecule has 3 rings (SSSR count). The Balaban J connectivity index is 2.01. The molecule has 0 aliphatic rings. The van der Waals surface area contributed by atoms with Gasteiger partial charge in [-0.15, -0.1) is 0 Å². The third-order valence-electron chi connectivity index (χ3n) is 3.01. The highest BCUT2D eigenvalue weighted by atomic mass is 79.9. The Bertz CT molecular complexity index is 794. The molecule has 3 aromatic rings. The van der Waals surface area contributed by atoms with Gasteiger partial charge in [0.2, 0.25) is 5.82 Å². The third-order valence-corrected chi connectivity index (χ3v) is 3.86. The maximum Gasteiger partial charge on any atom is 0.258 e. The van der Waals surface area contributed by atoms with Crippen molar-refractivity contribution in [2.45, 2.75) is 6.92 Å². The fraction of sp³-hybridized carbons (Fsp3) is 0.0667. The second-order valence-corrected chi connectivity index (χ2v) is 5.48. The largest absolute Gasteiger partial charge is 0.508 e. The molecule has 0 amide bonds. The monoisotopic (exact) mass is 346 g/mol. The Hall–Kier alpha value is -2.34. The van der Waals surface area contributed by atoms with Gasteiger partial charge in [-0.2, -0.15) is 4.98 Å². The van der Waals surface area contributed by atoms with E-state index in [2.05, 4.69) is 26.1 Å². The van der Waals surface area contributed by atoms with E-state index in [4.69, 9.17) is 4.52 Å². The first-order valence-corrected chi connectivity index (χ1v) is 6.96. The van der Waals surface area contributed by atoms with E-state index in [-0.39, 0.29) is 17.4 Å². The molecule has 0 radical (unpaired) electrons. The number of halogens is 1. The number of nitrogens with zero attached hydrogens (tertiary/aromatic N) is 2. The molecular formula is C15H11BrN2O3. The number of phenolic OH excluding ortho intramolecular Hbond substituents is 2. The van der Waals surface area contributed by atoms with Gasteiger partial charge < -0.3 is 14.7 Å². The van der Waals surface area contributed by atoms with Crippen molar-refractivity contribution >= 4 is 15.9 Å². The van der Waals surface area contributed by atoms with Crippen molar-refractivity contribution < 1.29 is 14.7 Å². The zero-order valence-corrected chi connectivity index (χ0v) is 12.6. The lowest BCUT2D eigenvalue weighted by Crippen LogP contribution is -1.83. The smallest absolute Gasteiger partial charge is 0.258 e. The van der Waals surface area contributed by atoms with Crippen LogP contribution in [0, 0.1) is 6.92 Å². The summed E-state index contributed by atoms with van der Waals surface area (Å²) in [4.78, 5) is 4.28. The summed E-state index contributed by atoms with van der Waals surface area (Å²) >= 11 is 3.46. The SMILES string of the molecule is Cc1ccc(-c2noc(-c3cc(O)cc(O)c3)n2)cc1Br. The molecule has 0 unspecified atom stereocenters. The van der Waals surface area contributed by atoms with Gasteiger partial charge >= 0.3 is 0 Å². The van der Waals surface area contributed by atoms with Crippen LogP contribution in [0.3, 0.4) is 0 Å². The second kappa shape index (κ2) is 5.21. The van der Waals surface area contributed by atoms with E-state index in [0.717, 1.165) is 15.6 Å². The Labute approximate surface area is 129 Å². The maximum absolute atomic E-state index is 9.49. The predicted molar refractivity (Wildman–Crippen MR) is 80.9 cm³/mol. The van der Waals surface area contributed by atoms with Gasteiger partial charge in [-0.1, -0.05) is 33.2 Å². The fourth-order valence-electron chi connectivity index (χ4n) is 1.91. The van der Waals surface area contributed by atoms with Gasteiger partial charge in [-0.05, 0) is 30.7 Å². The quantitative estimate of drug-likeness (QED) is 0.735. The van der Waals surface area contributed by atoms with Crippen LogP contribution in [0.15, 0.2) is 45.4 Å². The summed E-state index contributed by atoms with van der Waals surface area (Å²) in [6.45, 7) is 1.99. The fourth-order valence-corrected chi connectivity index (χ4v) is 2.29. The molecule has 0 fully saturated rings. The van der Waals surface area contributed by atoms with Crippen LogP contribution in [0.2, 0.25) is 0 Å². The van der Waals surface area contributed by atoms with E-state index in [1.807, 2.05) is 25.1 Å². The summed E-state index contributed by atoms with van der Waals surface area (Å²) in [5, 5.41) is 22.9. The second-order valence-electron chi connectivity index (χ2n) is 4.63. The topological polar surface area (TPSA) is 79.4 Å². The van der Waals surface area contributed by atoms with Crippen molar-refractivity contribution in [1.82, 2.24) is 10.1 Å². The van der Waals surface area contributed by atoms with Crippen molar-refractivity contribution in [3.8, 4) is 34.3 Å². The predicted octanol–water partition coefficient (Wildman–Crippen LogP) is 3.89. The average molecular weight is 347 g/mol. The van der Waals surface area contributed by atoms with Crippen LogP contribution < -0.4 is 0 Å². The van der Waals surface area contributed by atoms with Crippen LogP contribution in [0.4, 0.5) is 0 Å². The van der Waals surface area contributed by atoms with E-state index in [0.29, 0.717) is 11.4 Å². The summed E-state index contributed by atoms with van der Waals surface area (Å²) in [5.41, 5.74) is 2.38. The van der Waals surface area contributed by atoms with Crippen LogP contribution >= 0.6 is 15.9 Å². The van der Waals surface area contributed by atoms with Gasteiger partial charge in [-0.25, -0.2) is 0 Å². The summed E-state index contributed by atoms with van der Waals surface area (Å²) in [7, 11) is 0. The molecule has 0 aliphatic carbocycles. The standard InChI is InChI=1S/C15H11BrN2O3/c1-8-2-3-9(6-13(8)16)14-17-15(21-18-14)10-4-11(19)7-12(20)5-10/h2-7,19-20H,1H3. The number of hydrogen-bond donors (Lipinski definition) is 2. The Morgan fingerprint density at radius 3 is 2.38 bits per heavy atom. The van der Waals surface area contributed by atoms with Crippen LogP contribution in [-0.2, 0) is 0 Å². The highest BCUT2D eigenvalue weighted by molar-refractivity contribution is 9.10. The van der Waals surface area contributed by atoms with Crippen molar-refractivity contribution in [3.05, 3.63) is 46.4 Å². The molecule has 0 bridgehead atoms. The molecule has 2 aromatic carbocycles. The Morgan fingerprint density at radius 2 is 1.71 bits per heavy atom. The summed E-state index contributed by atoms with van der Waals surface area (Å²) in [6, 6.07) is 9.89. The molecule has 21 heavy (non-hydrogen) atoms. The van der Waals surface area contributed by atoms with E-state index < -0.39 is 0 Å². The normalized spacial score (nSPS) is 10.8. The Morgan fingerprint density at radius 1 is 1.00 bits per heavy atom. The molecule has 0 saturated carbocycles. The van der Waals surface area contributed by atoms with Crippen LogP contribution in [0.1, 0.15) is 5.56 Å². The molecule has 1 aromatic heterocycles. The minimum atomic E-state index is -0.0668. The van der Waals surface area contributed by atoms with Gasteiger partial charge in [0.05, 0.1) is 0 Å². The van der Waals surface area contributed by atoms with E-state index in [1.165, 1.54) is 18.2 Å². The number of aromatic nitrogens is 2. The summed E-state index contributed by atoms with van der Waals surface area (Å²) < 4.78 is 6.15. The first-order chi connectivity index (χ1) is 10.0. The molecule has 0 atom stereocenters. The number of benzene rings is 2. The van der Waals surface area contributed by atoms with Crippen LogP contribution in [-0.4, -0.2) is 20.4 Å². The summed E-state index contributed by atoms with van der Waals surface area (Å²) in [5.74, 6) is 0.534. The maximum atomic E-state index is 9.49. The van der Waals surface area contributed by atoms with E-state index >= 15 is 0 Å². The van der Waals surface area contributed by atoms with E-state index in [9.17, 15) is 10.2 Å². The Kier molecular flexibility index (Phi) is 3.39. The average Bonchev–Trinajstić information content (AvgIpc) is 2.90. The van der Waals surface area contributed by atoms with E-state index in [1.54, 1.807) is 0 Å². The molecule has 0 spiro atoms. The van der Waals surface area contributed by atoms with Gasteiger partial charge in [0.1, 0.15) is 11.5 Å². The molecule has 0 aliphatic heterocycles. The third kappa shape index (κ3) is 2.75. The molecule has 0 saturated heterocycles. The summed E-state index contributed by atoms with van der Waals surface area (Å²) in [6.07, 6.45) is 0.